The van der Waals surface area contributed by atoms with Gasteiger partial charge in [-0.1, -0.05) is 40.2 Å². The van der Waals surface area contributed by atoms with E-state index in [0.29, 0.717) is 0 Å². The molecule has 0 aliphatic rings. The van der Waals surface area contributed by atoms with E-state index in [1.807, 2.05) is 36.4 Å². The number of hydrogen-bond acceptors (Lipinski definition) is 2. The van der Waals surface area contributed by atoms with E-state index in [9.17, 15) is 0 Å². The van der Waals surface area contributed by atoms with Crippen LogP contribution in [0.5, 0.6) is 5.75 Å². The van der Waals surface area contributed by atoms with Crippen molar-refractivity contribution in [3.8, 4) is 5.75 Å². The van der Waals surface area contributed by atoms with E-state index >= 15 is 0 Å². The van der Waals surface area contributed by atoms with Gasteiger partial charge in [0.1, 0.15) is 5.75 Å². The Labute approximate surface area is 110 Å². The summed E-state index contributed by atoms with van der Waals surface area (Å²) in [5.41, 5.74) is 9.04. The molecule has 17 heavy (non-hydrogen) atoms. The molecule has 0 spiro atoms. The van der Waals surface area contributed by atoms with Gasteiger partial charge in [0.25, 0.3) is 0 Å². The van der Waals surface area contributed by atoms with Gasteiger partial charge in [-0.25, -0.2) is 0 Å². The second-order valence-corrected chi connectivity index (χ2v) is 4.75. The highest BCUT2D eigenvalue weighted by Gasteiger charge is 2.05. The van der Waals surface area contributed by atoms with E-state index in [2.05, 4.69) is 22.0 Å². The summed E-state index contributed by atoms with van der Waals surface area (Å²) < 4.78 is 6.33. The predicted octanol–water partition coefficient (Wildman–Crippen LogP) is 3.63. The number of nitrogen functional groups attached to an aromatic ring is 1. The fourth-order valence-corrected chi connectivity index (χ4v) is 2.16. The van der Waals surface area contributed by atoms with Crippen LogP contribution in [0.2, 0.25) is 0 Å². The highest BCUT2D eigenvalue weighted by atomic mass is 79.9. The summed E-state index contributed by atoms with van der Waals surface area (Å²) >= 11 is 3.41. The third-order valence-electron chi connectivity index (χ3n) is 2.68. The lowest BCUT2D eigenvalue weighted by Gasteiger charge is -2.10. The number of hydrogen-bond donors (Lipinski definition) is 1. The van der Waals surface area contributed by atoms with Crippen molar-refractivity contribution in [2.24, 2.45) is 0 Å². The summed E-state index contributed by atoms with van der Waals surface area (Å²) in [5, 5.41) is 0. The van der Waals surface area contributed by atoms with E-state index in [1.54, 1.807) is 7.11 Å². The van der Waals surface area contributed by atoms with Crippen LogP contribution in [-0.2, 0) is 6.42 Å². The van der Waals surface area contributed by atoms with Gasteiger partial charge in [0.05, 0.1) is 7.11 Å². The molecular formula is C14H14BrNO. The molecule has 0 heterocycles. The van der Waals surface area contributed by atoms with Crippen LogP contribution in [0.1, 0.15) is 11.1 Å². The monoisotopic (exact) mass is 291 g/mol. The lowest BCUT2D eigenvalue weighted by Crippen LogP contribution is -1.97. The number of benzene rings is 2. The largest absolute Gasteiger partial charge is 0.496 e. The van der Waals surface area contributed by atoms with Crippen molar-refractivity contribution in [3.05, 3.63) is 58.1 Å². The molecule has 0 unspecified atom stereocenters. The second-order valence-electron chi connectivity index (χ2n) is 3.83. The summed E-state index contributed by atoms with van der Waals surface area (Å²) in [7, 11) is 1.68. The maximum absolute atomic E-state index is 5.99. The molecule has 0 aromatic heterocycles. The number of methoxy groups -OCH3 is 1. The minimum Gasteiger partial charge on any atom is -0.496 e. The van der Waals surface area contributed by atoms with Crippen molar-refractivity contribution < 1.29 is 4.74 Å². The van der Waals surface area contributed by atoms with Crippen molar-refractivity contribution >= 4 is 21.6 Å². The summed E-state index contributed by atoms with van der Waals surface area (Å²) in [6, 6.07) is 13.9. The Morgan fingerprint density at radius 3 is 2.59 bits per heavy atom. The van der Waals surface area contributed by atoms with Gasteiger partial charge in [0.2, 0.25) is 0 Å². The number of anilines is 1. The maximum Gasteiger partial charge on any atom is 0.122 e. The van der Waals surface area contributed by atoms with E-state index in [1.165, 1.54) is 0 Å². The molecule has 2 nitrogen and oxygen atoms in total. The first-order valence-electron chi connectivity index (χ1n) is 5.36. The van der Waals surface area contributed by atoms with Gasteiger partial charge in [-0.2, -0.15) is 0 Å². The van der Waals surface area contributed by atoms with Crippen molar-refractivity contribution in [3.63, 3.8) is 0 Å². The SMILES string of the molecule is COc1ccccc1Cc1ccc(Br)cc1N. The molecule has 0 aliphatic carbocycles. The van der Waals surface area contributed by atoms with Crippen LogP contribution < -0.4 is 10.5 Å². The van der Waals surface area contributed by atoms with Crippen molar-refractivity contribution in [1.29, 1.82) is 0 Å². The Hall–Kier alpha value is -1.48. The zero-order valence-electron chi connectivity index (χ0n) is 9.61. The molecule has 2 rings (SSSR count). The summed E-state index contributed by atoms with van der Waals surface area (Å²) in [6.07, 6.45) is 0.781. The van der Waals surface area contributed by atoms with Crippen LogP contribution in [0.25, 0.3) is 0 Å². The molecule has 0 saturated heterocycles. The van der Waals surface area contributed by atoms with Crippen molar-refractivity contribution in [1.82, 2.24) is 0 Å². The highest BCUT2D eigenvalue weighted by Crippen LogP contribution is 2.25. The lowest BCUT2D eigenvalue weighted by molar-refractivity contribution is 0.410. The summed E-state index contributed by atoms with van der Waals surface area (Å²) in [5.74, 6) is 0.898. The average Bonchev–Trinajstić information content (AvgIpc) is 2.33. The Morgan fingerprint density at radius 2 is 1.88 bits per heavy atom. The van der Waals surface area contributed by atoms with Crippen LogP contribution in [0.3, 0.4) is 0 Å². The quantitative estimate of drug-likeness (QED) is 0.877. The van der Waals surface area contributed by atoms with Gasteiger partial charge in [-0.3, -0.25) is 0 Å². The molecule has 0 amide bonds. The van der Waals surface area contributed by atoms with Gasteiger partial charge in [-0.05, 0) is 29.3 Å². The van der Waals surface area contributed by atoms with Crippen LogP contribution in [0, 0.1) is 0 Å². The molecule has 0 aliphatic heterocycles. The third-order valence-corrected chi connectivity index (χ3v) is 3.17. The predicted molar refractivity (Wildman–Crippen MR) is 74.4 cm³/mol. The molecule has 0 radical (unpaired) electrons. The Bertz CT molecular complexity index is 525. The van der Waals surface area contributed by atoms with Gasteiger partial charge in [-0.15, -0.1) is 0 Å². The molecule has 0 atom stereocenters. The van der Waals surface area contributed by atoms with Crippen molar-refractivity contribution in [2.75, 3.05) is 12.8 Å². The Kier molecular flexibility index (Phi) is 3.69. The summed E-state index contributed by atoms with van der Waals surface area (Å²) in [4.78, 5) is 0. The molecule has 2 aromatic carbocycles. The maximum atomic E-state index is 5.99. The van der Waals surface area contributed by atoms with Gasteiger partial charge in [0, 0.05) is 16.6 Å². The van der Waals surface area contributed by atoms with Crippen molar-refractivity contribution in [2.45, 2.75) is 6.42 Å². The van der Waals surface area contributed by atoms with E-state index in [4.69, 9.17) is 10.5 Å². The number of nitrogens with two attached hydrogens (primary N) is 1. The number of halogens is 1. The Morgan fingerprint density at radius 1 is 1.12 bits per heavy atom. The Balaban J connectivity index is 2.31. The molecule has 0 bridgehead atoms. The third kappa shape index (κ3) is 2.80. The highest BCUT2D eigenvalue weighted by molar-refractivity contribution is 9.10. The van der Waals surface area contributed by atoms with Crippen LogP contribution in [0.4, 0.5) is 5.69 Å². The molecule has 3 heteroatoms. The average molecular weight is 292 g/mol. The van der Waals surface area contributed by atoms with E-state index in [-0.39, 0.29) is 0 Å². The number of para-hydroxylation sites is 1. The fourth-order valence-electron chi connectivity index (χ4n) is 1.78. The normalized spacial score (nSPS) is 10.2. The second kappa shape index (κ2) is 5.23. The van der Waals surface area contributed by atoms with Gasteiger partial charge < -0.3 is 10.5 Å². The van der Waals surface area contributed by atoms with Gasteiger partial charge >= 0.3 is 0 Å². The smallest absolute Gasteiger partial charge is 0.122 e. The minimum atomic E-state index is 0.781. The number of rotatable bonds is 3. The first kappa shape index (κ1) is 12.0. The topological polar surface area (TPSA) is 35.2 Å². The minimum absolute atomic E-state index is 0.781. The van der Waals surface area contributed by atoms with Crippen LogP contribution >= 0.6 is 15.9 Å². The first-order chi connectivity index (χ1) is 8.20. The lowest BCUT2D eigenvalue weighted by atomic mass is 10.0. The zero-order valence-corrected chi connectivity index (χ0v) is 11.2. The molecule has 2 aromatic rings. The van der Waals surface area contributed by atoms with Crippen LogP contribution in [0.15, 0.2) is 46.9 Å². The zero-order chi connectivity index (χ0) is 12.3. The molecule has 2 N–H and O–H groups in total. The molecule has 88 valence electrons. The molecular weight excluding hydrogens is 278 g/mol. The summed E-state index contributed by atoms with van der Waals surface area (Å²) in [6.45, 7) is 0. The standard InChI is InChI=1S/C14H14BrNO/c1-17-14-5-3-2-4-11(14)8-10-6-7-12(15)9-13(10)16/h2-7,9H,8,16H2,1H3. The first-order valence-corrected chi connectivity index (χ1v) is 6.16. The number of ether oxygens (including phenoxy) is 1. The fraction of sp³-hybridized carbons (Fsp3) is 0.143. The van der Waals surface area contributed by atoms with E-state index in [0.717, 1.165) is 33.5 Å². The van der Waals surface area contributed by atoms with Crippen LogP contribution in [-0.4, -0.2) is 7.11 Å². The van der Waals surface area contributed by atoms with E-state index < -0.39 is 0 Å². The molecule has 0 fully saturated rings. The molecule has 0 saturated carbocycles. The van der Waals surface area contributed by atoms with Gasteiger partial charge in [0.15, 0.2) is 0 Å².